The molecule has 0 saturated carbocycles. The van der Waals surface area contributed by atoms with Gasteiger partial charge in [0.05, 0.1) is 0 Å². The first-order valence-electron chi connectivity index (χ1n) is 5.38. The summed E-state index contributed by atoms with van der Waals surface area (Å²) >= 11 is 0. The molecule has 1 heterocycles. The van der Waals surface area contributed by atoms with Gasteiger partial charge >= 0.3 is 0 Å². The van der Waals surface area contributed by atoms with Gasteiger partial charge < -0.3 is 4.57 Å². The SMILES string of the molecule is Cc1c(C=O)c(C=O)c(C)n1-c1ccccc1. The van der Waals surface area contributed by atoms with E-state index in [0.29, 0.717) is 11.1 Å². The molecule has 2 rings (SSSR count). The normalized spacial score (nSPS) is 10.2. The Labute approximate surface area is 99.7 Å². The fraction of sp³-hybridized carbons (Fsp3) is 0.143. The van der Waals surface area contributed by atoms with Crippen molar-refractivity contribution in [3.05, 3.63) is 52.8 Å². The molecule has 17 heavy (non-hydrogen) atoms. The molecule has 0 radical (unpaired) electrons. The van der Waals surface area contributed by atoms with E-state index >= 15 is 0 Å². The quantitative estimate of drug-likeness (QED) is 0.756. The molecular weight excluding hydrogens is 214 g/mol. The Kier molecular flexibility index (Phi) is 2.91. The Hall–Kier alpha value is -2.16. The molecule has 0 N–H and O–H groups in total. The predicted molar refractivity (Wildman–Crippen MR) is 66.0 cm³/mol. The van der Waals surface area contributed by atoms with Crippen molar-refractivity contribution in [3.8, 4) is 5.69 Å². The molecule has 3 nitrogen and oxygen atoms in total. The Bertz CT molecular complexity index is 536. The van der Waals surface area contributed by atoms with Gasteiger partial charge in [0.15, 0.2) is 12.6 Å². The van der Waals surface area contributed by atoms with Crippen LogP contribution < -0.4 is 0 Å². The minimum atomic E-state index is 0.473. The monoisotopic (exact) mass is 227 g/mol. The molecular formula is C14H13NO2. The van der Waals surface area contributed by atoms with Crippen LogP contribution in [0.3, 0.4) is 0 Å². The van der Waals surface area contributed by atoms with Crippen LogP contribution in [-0.2, 0) is 0 Å². The van der Waals surface area contributed by atoms with Gasteiger partial charge in [-0.15, -0.1) is 0 Å². The highest BCUT2D eigenvalue weighted by Crippen LogP contribution is 2.23. The van der Waals surface area contributed by atoms with Crippen molar-refractivity contribution in [1.29, 1.82) is 0 Å². The number of hydrogen-bond acceptors (Lipinski definition) is 2. The van der Waals surface area contributed by atoms with Crippen LogP contribution in [-0.4, -0.2) is 17.1 Å². The van der Waals surface area contributed by atoms with Crippen molar-refractivity contribution < 1.29 is 9.59 Å². The summed E-state index contributed by atoms with van der Waals surface area (Å²) < 4.78 is 1.92. The molecule has 0 amide bonds. The molecule has 1 aromatic carbocycles. The third-order valence-corrected chi connectivity index (χ3v) is 2.99. The molecule has 0 aliphatic heterocycles. The Morgan fingerprint density at radius 2 is 1.35 bits per heavy atom. The number of benzene rings is 1. The summed E-state index contributed by atoms with van der Waals surface area (Å²) in [6.07, 6.45) is 1.48. The van der Waals surface area contributed by atoms with Crippen LogP contribution in [0.25, 0.3) is 5.69 Å². The molecule has 1 aromatic heterocycles. The van der Waals surface area contributed by atoms with Gasteiger partial charge in [-0.3, -0.25) is 9.59 Å². The molecule has 0 fully saturated rings. The Morgan fingerprint density at radius 1 is 0.882 bits per heavy atom. The second kappa shape index (κ2) is 4.37. The lowest BCUT2D eigenvalue weighted by Gasteiger charge is -2.08. The summed E-state index contributed by atoms with van der Waals surface area (Å²) in [6, 6.07) is 9.68. The van der Waals surface area contributed by atoms with E-state index < -0.39 is 0 Å². The van der Waals surface area contributed by atoms with E-state index in [1.54, 1.807) is 0 Å². The first kappa shape index (κ1) is 11.3. The molecule has 0 spiro atoms. The predicted octanol–water partition coefficient (Wildman–Crippen LogP) is 2.72. The highest BCUT2D eigenvalue weighted by Gasteiger charge is 2.17. The average molecular weight is 227 g/mol. The van der Waals surface area contributed by atoms with Gasteiger partial charge in [0.1, 0.15) is 0 Å². The van der Waals surface area contributed by atoms with Crippen LogP contribution in [0.1, 0.15) is 32.1 Å². The van der Waals surface area contributed by atoms with E-state index in [9.17, 15) is 9.59 Å². The zero-order chi connectivity index (χ0) is 12.4. The summed E-state index contributed by atoms with van der Waals surface area (Å²) in [7, 11) is 0. The second-order valence-corrected chi connectivity index (χ2v) is 3.90. The van der Waals surface area contributed by atoms with Crippen molar-refractivity contribution in [2.45, 2.75) is 13.8 Å². The Balaban J connectivity index is 2.75. The number of aromatic nitrogens is 1. The Morgan fingerprint density at radius 3 is 1.76 bits per heavy atom. The molecule has 3 heteroatoms. The van der Waals surface area contributed by atoms with Crippen molar-refractivity contribution in [1.82, 2.24) is 4.57 Å². The first-order valence-corrected chi connectivity index (χ1v) is 5.38. The summed E-state index contributed by atoms with van der Waals surface area (Å²) in [5, 5.41) is 0. The van der Waals surface area contributed by atoms with Crippen LogP contribution in [0.5, 0.6) is 0 Å². The van der Waals surface area contributed by atoms with E-state index in [1.807, 2.05) is 48.7 Å². The van der Waals surface area contributed by atoms with Crippen LogP contribution in [0.4, 0.5) is 0 Å². The number of hydrogen-bond donors (Lipinski definition) is 0. The maximum atomic E-state index is 11.0. The fourth-order valence-electron chi connectivity index (χ4n) is 2.14. The lowest BCUT2D eigenvalue weighted by molar-refractivity contribution is 0.109. The minimum absolute atomic E-state index is 0.473. The summed E-state index contributed by atoms with van der Waals surface area (Å²) in [5.74, 6) is 0. The van der Waals surface area contributed by atoms with Gasteiger partial charge in [0.25, 0.3) is 0 Å². The zero-order valence-electron chi connectivity index (χ0n) is 9.81. The summed E-state index contributed by atoms with van der Waals surface area (Å²) in [4.78, 5) is 22.1. The van der Waals surface area contributed by atoms with Crippen LogP contribution >= 0.6 is 0 Å². The third-order valence-electron chi connectivity index (χ3n) is 2.99. The van der Waals surface area contributed by atoms with E-state index in [4.69, 9.17) is 0 Å². The van der Waals surface area contributed by atoms with Gasteiger partial charge in [-0.05, 0) is 26.0 Å². The van der Waals surface area contributed by atoms with E-state index in [2.05, 4.69) is 0 Å². The summed E-state index contributed by atoms with van der Waals surface area (Å²) in [5.41, 5.74) is 3.50. The maximum Gasteiger partial charge on any atom is 0.152 e. The summed E-state index contributed by atoms with van der Waals surface area (Å²) in [6.45, 7) is 3.69. The molecule has 0 aliphatic rings. The number of aldehydes is 2. The first-order chi connectivity index (χ1) is 8.20. The number of carbonyl (C=O) groups is 2. The number of para-hydroxylation sites is 1. The molecule has 0 aliphatic carbocycles. The number of rotatable bonds is 3. The van der Waals surface area contributed by atoms with Gasteiger partial charge in [0, 0.05) is 28.2 Å². The highest BCUT2D eigenvalue weighted by molar-refractivity contribution is 5.93. The van der Waals surface area contributed by atoms with Crippen LogP contribution in [0.2, 0.25) is 0 Å². The standard InChI is InChI=1S/C14H13NO2/c1-10-13(8-16)14(9-17)11(2)15(10)12-6-4-3-5-7-12/h3-9H,1-2H3. The fourth-order valence-corrected chi connectivity index (χ4v) is 2.14. The van der Waals surface area contributed by atoms with Gasteiger partial charge in [0.2, 0.25) is 0 Å². The number of nitrogens with zero attached hydrogens (tertiary/aromatic N) is 1. The largest absolute Gasteiger partial charge is 0.317 e. The highest BCUT2D eigenvalue weighted by atomic mass is 16.1. The van der Waals surface area contributed by atoms with Gasteiger partial charge in [-0.1, -0.05) is 18.2 Å². The maximum absolute atomic E-state index is 11.0. The third kappa shape index (κ3) is 1.69. The van der Waals surface area contributed by atoms with Crippen molar-refractivity contribution in [3.63, 3.8) is 0 Å². The van der Waals surface area contributed by atoms with E-state index in [1.165, 1.54) is 0 Å². The smallest absolute Gasteiger partial charge is 0.152 e. The van der Waals surface area contributed by atoms with Crippen molar-refractivity contribution >= 4 is 12.6 Å². The minimum Gasteiger partial charge on any atom is -0.317 e. The molecule has 86 valence electrons. The molecule has 0 unspecified atom stereocenters. The van der Waals surface area contributed by atoms with Crippen LogP contribution in [0, 0.1) is 13.8 Å². The topological polar surface area (TPSA) is 39.1 Å². The van der Waals surface area contributed by atoms with Gasteiger partial charge in [-0.2, -0.15) is 0 Å². The second-order valence-electron chi connectivity index (χ2n) is 3.90. The zero-order valence-corrected chi connectivity index (χ0v) is 9.81. The average Bonchev–Trinajstić information content (AvgIpc) is 2.60. The van der Waals surface area contributed by atoms with E-state index in [-0.39, 0.29) is 0 Å². The van der Waals surface area contributed by atoms with E-state index in [0.717, 1.165) is 29.6 Å². The lowest BCUT2D eigenvalue weighted by Crippen LogP contribution is -1.99. The van der Waals surface area contributed by atoms with Crippen molar-refractivity contribution in [2.75, 3.05) is 0 Å². The molecule has 2 aromatic rings. The molecule has 0 saturated heterocycles. The van der Waals surface area contributed by atoms with Crippen molar-refractivity contribution in [2.24, 2.45) is 0 Å². The van der Waals surface area contributed by atoms with Gasteiger partial charge in [-0.25, -0.2) is 0 Å². The number of carbonyl (C=O) groups excluding carboxylic acids is 2. The van der Waals surface area contributed by atoms with Crippen LogP contribution in [0.15, 0.2) is 30.3 Å². The lowest BCUT2D eigenvalue weighted by atomic mass is 10.1. The molecule has 0 bridgehead atoms. The molecule has 0 atom stereocenters.